The number of nitrogens with two attached hydrogens (primary N) is 1. The fourth-order valence-electron chi connectivity index (χ4n) is 0.888. The first-order chi connectivity index (χ1) is 6.38. The summed E-state index contributed by atoms with van der Waals surface area (Å²) in [6.07, 6.45) is 0. The van der Waals surface area contributed by atoms with Crippen molar-refractivity contribution < 1.29 is 5.11 Å². The molecule has 0 spiro atoms. The molecule has 0 aliphatic heterocycles. The Morgan fingerprint density at radius 1 is 1.50 bits per heavy atom. The van der Waals surface area contributed by atoms with E-state index in [0.29, 0.717) is 5.75 Å². The highest BCUT2D eigenvalue weighted by molar-refractivity contribution is 9.10. The Hall–Kier alpha value is -0.190. The normalized spacial score (nSPS) is 11.7. The fourth-order valence-corrected chi connectivity index (χ4v) is 2.35. The Morgan fingerprint density at radius 3 is 2.71 bits per heavy atom. The molecule has 0 bridgehead atoms. The first-order valence-electron chi connectivity index (χ1n) is 4.29. The third-order valence-electron chi connectivity index (χ3n) is 1.56. The number of benzene rings is 1. The van der Waals surface area contributed by atoms with Gasteiger partial charge >= 0.3 is 0 Å². The molecule has 0 aromatic heterocycles. The minimum atomic E-state index is -0.667. The zero-order chi connectivity index (χ0) is 10.8. The van der Waals surface area contributed by atoms with Crippen LogP contribution in [0.2, 0.25) is 0 Å². The second-order valence-electron chi connectivity index (χ2n) is 3.78. The van der Waals surface area contributed by atoms with Crippen molar-refractivity contribution in [3.05, 3.63) is 22.7 Å². The fraction of sp³-hybridized carbons (Fsp3) is 0.400. The minimum Gasteiger partial charge on any atom is -0.398 e. The maximum atomic E-state index is 9.57. The van der Waals surface area contributed by atoms with Gasteiger partial charge in [0.25, 0.3) is 0 Å². The first-order valence-corrected chi connectivity index (χ1v) is 6.06. The molecule has 0 aliphatic rings. The molecule has 1 aromatic rings. The van der Waals surface area contributed by atoms with Crippen LogP contribution in [0.4, 0.5) is 5.69 Å². The van der Waals surface area contributed by atoms with E-state index in [9.17, 15) is 5.11 Å². The van der Waals surface area contributed by atoms with Crippen molar-refractivity contribution in [3.63, 3.8) is 0 Å². The van der Waals surface area contributed by atoms with Crippen molar-refractivity contribution in [2.45, 2.75) is 24.3 Å². The maximum absolute atomic E-state index is 9.57. The summed E-state index contributed by atoms with van der Waals surface area (Å²) in [5.41, 5.74) is 5.88. The van der Waals surface area contributed by atoms with Crippen molar-refractivity contribution in [2.24, 2.45) is 0 Å². The van der Waals surface area contributed by atoms with Crippen molar-refractivity contribution in [2.75, 3.05) is 11.5 Å². The SMILES string of the molecule is CC(C)(O)CSc1cc(Br)ccc1N. The lowest BCUT2D eigenvalue weighted by molar-refractivity contribution is 0.107. The Kier molecular flexibility index (Phi) is 3.86. The Morgan fingerprint density at radius 2 is 2.14 bits per heavy atom. The Balaban J connectivity index is 2.72. The molecule has 0 atom stereocenters. The van der Waals surface area contributed by atoms with Gasteiger partial charge in [0.2, 0.25) is 0 Å². The van der Waals surface area contributed by atoms with Crippen LogP contribution in [0, 0.1) is 0 Å². The van der Waals surface area contributed by atoms with E-state index in [4.69, 9.17) is 5.73 Å². The van der Waals surface area contributed by atoms with Crippen LogP contribution in [-0.4, -0.2) is 16.5 Å². The number of rotatable bonds is 3. The van der Waals surface area contributed by atoms with Crippen LogP contribution in [0.5, 0.6) is 0 Å². The van der Waals surface area contributed by atoms with Crippen LogP contribution in [0.15, 0.2) is 27.6 Å². The molecule has 1 aromatic carbocycles. The molecule has 0 saturated heterocycles. The summed E-state index contributed by atoms with van der Waals surface area (Å²) < 4.78 is 1.00. The highest BCUT2D eigenvalue weighted by Crippen LogP contribution is 2.30. The molecule has 2 nitrogen and oxygen atoms in total. The summed E-state index contributed by atoms with van der Waals surface area (Å²) >= 11 is 4.95. The van der Waals surface area contributed by atoms with Crippen LogP contribution in [0.3, 0.4) is 0 Å². The smallest absolute Gasteiger partial charge is 0.0685 e. The predicted molar refractivity (Wildman–Crippen MR) is 65.6 cm³/mol. The highest BCUT2D eigenvalue weighted by atomic mass is 79.9. The molecule has 4 heteroatoms. The lowest BCUT2D eigenvalue weighted by Crippen LogP contribution is -2.21. The third-order valence-corrected chi connectivity index (χ3v) is 3.57. The molecule has 0 aliphatic carbocycles. The van der Waals surface area contributed by atoms with Gasteiger partial charge in [-0.1, -0.05) is 15.9 Å². The van der Waals surface area contributed by atoms with Gasteiger partial charge in [-0.15, -0.1) is 11.8 Å². The highest BCUT2D eigenvalue weighted by Gasteiger charge is 2.13. The van der Waals surface area contributed by atoms with E-state index in [-0.39, 0.29) is 0 Å². The van der Waals surface area contributed by atoms with Gasteiger partial charge in [-0.25, -0.2) is 0 Å². The van der Waals surface area contributed by atoms with Gasteiger partial charge in [-0.05, 0) is 32.0 Å². The second-order valence-corrected chi connectivity index (χ2v) is 5.72. The van der Waals surface area contributed by atoms with E-state index < -0.39 is 5.60 Å². The average molecular weight is 276 g/mol. The topological polar surface area (TPSA) is 46.2 Å². The van der Waals surface area contributed by atoms with Crippen LogP contribution >= 0.6 is 27.7 Å². The zero-order valence-electron chi connectivity index (χ0n) is 8.25. The molecule has 1 rings (SSSR count). The summed E-state index contributed by atoms with van der Waals surface area (Å²) in [6, 6.07) is 5.73. The van der Waals surface area contributed by atoms with Crippen molar-refractivity contribution in [3.8, 4) is 0 Å². The average Bonchev–Trinajstić information content (AvgIpc) is 2.05. The van der Waals surface area contributed by atoms with Gasteiger partial charge in [0.15, 0.2) is 0 Å². The van der Waals surface area contributed by atoms with Crippen LogP contribution in [0.1, 0.15) is 13.8 Å². The third kappa shape index (κ3) is 3.90. The van der Waals surface area contributed by atoms with E-state index >= 15 is 0 Å². The number of nitrogen functional groups attached to an aromatic ring is 1. The second kappa shape index (κ2) is 4.55. The van der Waals surface area contributed by atoms with Gasteiger partial charge < -0.3 is 10.8 Å². The molecule has 0 fully saturated rings. The number of halogens is 1. The van der Waals surface area contributed by atoms with Crippen LogP contribution in [0.25, 0.3) is 0 Å². The summed E-state index contributed by atoms with van der Waals surface area (Å²) in [4.78, 5) is 1.00. The summed E-state index contributed by atoms with van der Waals surface area (Å²) in [7, 11) is 0. The van der Waals surface area contributed by atoms with Gasteiger partial charge in [0.05, 0.1) is 5.60 Å². The molecule has 0 heterocycles. The molecule has 0 unspecified atom stereocenters. The molecule has 0 radical (unpaired) electrons. The lowest BCUT2D eigenvalue weighted by atomic mass is 10.2. The number of hydrogen-bond acceptors (Lipinski definition) is 3. The quantitative estimate of drug-likeness (QED) is 0.659. The molecular formula is C10H14BrNOS. The monoisotopic (exact) mass is 275 g/mol. The van der Waals surface area contributed by atoms with E-state index in [1.807, 2.05) is 18.2 Å². The maximum Gasteiger partial charge on any atom is 0.0685 e. The zero-order valence-corrected chi connectivity index (χ0v) is 10.7. The van der Waals surface area contributed by atoms with Gasteiger partial charge in [0.1, 0.15) is 0 Å². The Labute approximate surface area is 97.0 Å². The Bertz CT molecular complexity index is 322. The van der Waals surface area contributed by atoms with Crippen molar-refractivity contribution in [1.82, 2.24) is 0 Å². The summed E-state index contributed by atoms with van der Waals surface area (Å²) in [5.74, 6) is 0.633. The molecule has 0 amide bonds. The standard InChI is InChI=1S/C10H14BrNOS/c1-10(2,13)6-14-9-5-7(11)3-4-8(9)12/h3-5,13H,6,12H2,1-2H3. The van der Waals surface area contributed by atoms with Crippen molar-refractivity contribution >= 4 is 33.4 Å². The van der Waals surface area contributed by atoms with Gasteiger partial charge in [0, 0.05) is 20.8 Å². The van der Waals surface area contributed by atoms with E-state index in [1.165, 1.54) is 0 Å². The molecule has 14 heavy (non-hydrogen) atoms. The van der Waals surface area contributed by atoms with E-state index in [0.717, 1.165) is 15.1 Å². The van der Waals surface area contributed by atoms with E-state index in [2.05, 4.69) is 15.9 Å². The number of hydrogen-bond donors (Lipinski definition) is 2. The van der Waals surface area contributed by atoms with E-state index in [1.54, 1.807) is 25.6 Å². The van der Waals surface area contributed by atoms with Gasteiger partial charge in [-0.2, -0.15) is 0 Å². The van der Waals surface area contributed by atoms with Crippen LogP contribution < -0.4 is 5.73 Å². The molecule has 3 N–H and O–H groups in total. The van der Waals surface area contributed by atoms with Crippen molar-refractivity contribution in [1.29, 1.82) is 0 Å². The molecule has 0 saturated carbocycles. The predicted octanol–water partition coefficient (Wildman–Crippen LogP) is 2.89. The lowest BCUT2D eigenvalue weighted by Gasteiger charge is -2.16. The minimum absolute atomic E-state index is 0.633. The molecular weight excluding hydrogens is 262 g/mol. The first kappa shape index (κ1) is 11.9. The number of anilines is 1. The summed E-state index contributed by atoms with van der Waals surface area (Å²) in [5, 5.41) is 9.57. The van der Waals surface area contributed by atoms with Gasteiger partial charge in [-0.3, -0.25) is 0 Å². The molecule has 78 valence electrons. The largest absolute Gasteiger partial charge is 0.398 e. The number of thioether (sulfide) groups is 1. The number of aliphatic hydroxyl groups is 1. The van der Waals surface area contributed by atoms with Crippen LogP contribution in [-0.2, 0) is 0 Å². The summed E-state index contributed by atoms with van der Waals surface area (Å²) in [6.45, 7) is 3.57.